The van der Waals surface area contributed by atoms with Gasteiger partial charge in [0, 0.05) is 6.20 Å². The Balaban J connectivity index is 0.000000248. The summed E-state index contributed by atoms with van der Waals surface area (Å²) in [5.74, 6) is 0. The molecule has 2 aromatic heterocycles. The Bertz CT molecular complexity index is 844. The largest absolute Gasteiger partial charge is 0.516 e. The topological polar surface area (TPSA) is 70.0 Å². The number of rotatable bonds is 1. The molecule has 30 heavy (non-hydrogen) atoms. The van der Waals surface area contributed by atoms with Gasteiger partial charge in [0.25, 0.3) is 0 Å². The number of alkyl halides is 6. The fourth-order valence-corrected chi connectivity index (χ4v) is 2.23. The minimum absolute atomic E-state index is 0.228. The molecule has 1 fully saturated rings. The Hall–Kier alpha value is -1.80. The van der Waals surface area contributed by atoms with E-state index >= 15 is 0 Å². The van der Waals surface area contributed by atoms with Crippen LogP contribution in [0.15, 0.2) is 29.4 Å². The Morgan fingerprint density at radius 1 is 0.733 bits per heavy atom. The molecule has 0 aliphatic carbocycles. The van der Waals surface area contributed by atoms with E-state index in [-0.39, 0.29) is 10.2 Å². The maximum atomic E-state index is 12.4. The minimum Gasteiger partial charge on any atom is -0.398 e. The zero-order valence-electron chi connectivity index (χ0n) is 16.1. The van der Waals surface area contributed by atoms with E-state index in [4.69, 9.17) is 9.31 Å². The molecule has 0 bridgehead atoms. The third-order valence-electron chi connectivity index (χ3n) is 4.37. The quantitative estimate of drug-likeness (QED) is 0.434. The molecule has 3 rings (SSSR count). The van der Waals surface area contributed by atoms with Crippen LogP contribution in [0.3, 0.4) is 0 Å². The van der Waals surface area contributed by atoms with E-state index in [1.807, 2.05) is 27.7 Å². The van der Waals surface area contributed by atoms with Crippen LogP contribution in [0.1, 0.15) is 39.1 Å². The van der Waals surface area contributed by atoms with Gasteiger partial charge in [-0.3, -0.25) is 4.98 Å². The van der Waals surface area contributed by atoms with Crippen molar-refractivity contribution in [3.8, 4) is 0 Å². The van der Waals surface area contributed by atoms with Gasteiger partial charge >= 0.3 is 19.5 Å². The van der Waals surface area contributed by atoms with Crippen LogP contribution in [0.25, 0.3) is 0 Å². The second-order valence-electron chi connectivity index (χ2n) is 7.13. The fraction of sp³-hybridized carbons (Fsp3) is 0.500. The SMILES string of the molecule is CC1(C)OB(c2cnc(C(F)(F)F)cn2)OC1(C)C.FC(F)(F)c1cnc(Br)cn1. The average Bonchev–Trinajstić information content (AvgIpc) is 2.82. The van der Waals surface area contributed by atoms with E-state index in [9.17, 15) is 26.3 Å². The van der Waals surface area contributed by atoms with Gasteiger partial charge in [-0.15, -0.1) is 0 Å². The highest BCUT2D eigenvalue weighted by molar-refractivity contribution is 9.10. The molecule has 0 saturated carbocycles. The third-order valence-corrected chi connectivity index (χ3v) is 4.78. The van der Waals surface area contributed by atoms with Crippen molar-refractivity contribution < 1.29 is 35.7 Å². The van der Waals surface area contributed by atoms with Crippen molar-refractivity contribution in [1.82, 2.24) is 19.9 Å². The van der Waals surface area contributed by atoms with Gasteiger partial charge in [-0.1, -0.05) is 0 Å². The molecule has 6 nitrogen and oxygen atoms in total. The Labute approximate surface area is 176 Å². The molecule has 1 aliphatic rings. The molecular formula is C16H16BBrF6N4O2. The molecule has 0 amide bonds. The van der Waals surface area contributed by atoms with E-state index in [1.165, 1.54) is 0 Å². The first kappa shape index (κ1) is 24.5. The van der Waals surface area contributed by atoms with Crippen LogP contribution >= 0.6 is 15.9 Å². The standard InChI is InChI=1S/C11H14BF3N2O2.C5H2BrF3N2/c1-9(2)10(3,4)19-12(18-9)8-6-16-7(5-17-8)11(13,14)15;6-4-2-10-3(1-11-4)5(7,8)9/h5-6H,1-4H3;1-2H. The monoisotopic (exact) mass is 500 g/mol. The first-order valence-electron chi connectivity index (χ1n) is 8.32. The molecule has 0 aromatic carbocycles. The van der Waals surface area contributed by atoms with Crippen LogP contribution in [0.2, 0.25) is 0 Å². The molecule has 14 heteroatoms. The third kappa shape index (κ3) is 5.88. The smallest absolute Gasteiger partial charge is 0.398 e. The minimum atomic E-state index is -4.50. The number of nitrogens with zero attached hydrogens (tertiary/aromatic N) is 4. The van der Waals surface area contributed by atoms with Crippen LogP contribution in [0, 0.1) is 0 Å². The lowest BCUT2D eigenvalue weighted by atomic mass is 9.85. The van der Waals surface area contributed by atoms with Gasteiger partial charge in [-0.25, -0.2) is 15.0 Å². The van der Waals surface area contributed by atoms with Gasteiger partial charge in [-0.05, 0) is 43.6 Å². The maximum Gasteiger partial charge on any atom is 0.516 e. The summed E-state index contributed by atoms with van der Waals surface area (Å²) in [6.45, 7) is 7.41. The Kier molecular flexibility index (Phi) is 6.84. The summed E-state index contributed by atoms with van der Waals surface area (Å²) in [6, 6.07) is 0. The molecule has 1 saturated heterocycles. The summed E-state index contributed by atoms with van der Waals surface area (Å²) in [5.41, 5.74) is -2.93. The van der Waals surface area contributed by atoms with Crippen molar-refractivity contribution in [2.75, 3.05) is 0 Å². The zero-order valence-corrected chi connectivity index (χ0v) is 17.7. The first-order chi connectivity index (χ1) is 13.5. The summed E-state index contributed by atoms with van der Waals surface area (Å²) >= 11 is 2.87. The highest BCUT2D eigenvalue weighted by Crippen LogP contribution is 2.36. The van der Waals surface area contributed by atoms with Crippen LogP contribution in [-0.4, -0.2) is 38.3 Å². The summed E-state index contributed by atoms with van der Waals surface area (Å²) in [7, 11) is -0.806. The van der Waals surface area contributed by atoms with E-state index in [1.54, 1.807) is 0 Å². The van der Waals surface area contributed by atoms with Crippen molar-refractivity contribution in [3.63, 3.8) is 0 Å². The molecular weight excluding hydrogens is 485 g/mol. The Morgan fingerprint density at radius 3 is 1.50 bits per heavy atom. The summed E-state index contributed by atoms with van der Waals surface area (Å²) in [5, 5.41) is 0. The van der Waals surface area contributed by atoms with Crippen LogP contribution in [0.5, 0.6) is 0 Å². The van der Waals surface area contributed by atoms with E-state index in [2.05, 4.69) is 35.9 Å². The van der Waals surface area contributed by atoms with Gasteiger partial charge in [0.05, 0.1) is 35.4 Å². The summed E-state index contributed by atoms with van der Waals surface area (Å²) < 4.78 is 84.2. The molecule has 1 aliphatic heterocycles. The van der Waals surface area contributed by atoms with Gasteiger partial charge < -0.3 is 9.31 Å². The number of hydrogen-bond acceptors (Lipinski definition) is 6. The Morgan fingerprint density at radius 2 is 1.17 bits per heavy atom. The van der Waals surface area contributed by atoms with Crippen LogP contribution < -0.4 is 5.59 Å². The van der Waals surface area contributed by atoms with Gasteiger partial charge in [0.2, 0.25) is 0 Å². The maximum absolute atomic E-state index is 12.4. The molecule has 0 unspecified atom stereocenters. The van der Waals surface area contributed by atoms with Gasteiger partial charge in [0.1, 0.15) is 4.60 Å². The molecule has 0 N–H and O–H groups in total. The lowest BCUT2D eigenvalue weighted by molar-refractivity contribution is -0.142. The summed E-state index contributed by atoms with van der Waals surface area (Å²) in [6.07, 6.45) is -5.52. The van der Waals surface area contributed by atoms with Crippen molar-refractivity contribution in [2.24, 2.45) is 0 Å². The molecule has 0 atom stereocenters. The first-order valence-corrected chi connectivity index (χ1v) is 9.12. The molecule has 0 spiro atoms. The highest BCUT2D eigenvalue weighted by atomic mass is 79.9. The fourth-order valence-electron chi connectivity index (χ4n) is 2.03. The molecule has 0 radical (unpaired) electrons. The predicted octanol–water partition coefficient (Wildman–Crippen LogP) is 4.05. The molecule has 2 aromatic rings. The normalized spacial score (nSPS) is 18.0. The summed E-state index contributed by atoms with van der Waals surface area (Å²) in [4.78, 5) is 13.6. The lowest BCUT2D eigenvalue weighted by Crippen LogP contribution is -2.41. The van der Waals surface area contributed by atoms with Crippen LogP contribution in [-0.2, 0) is 21.7 Å². The van der Waals surface area contributed by atoms with Gasteiger partial charge in [0.15, 0.2) is 11.4 Å². The molecule has 3 heterocycles. The van der Waals surface area contributed by atoms with Crippen molar-refractivity contribution >= 4 is 28.6 Å². The molecule has 164 valence electrons. The van der Waals surface area contributed by atoms with E-state index < -0.39 is 42.1 Å². The second kappa shape index (κ2) is 8.38. The second-order valence-corrected chi connectivity index (χ2v) is 7.95. The highest BCUT2D eigenvalue weighted by Gasteiger charge is 2.52. The van der Waals surface area contributed by atoms with Crippen LogP contribution in [0.4, 0.5) is 26.3 Å². The van der Waals surface area contributed by atoms with Crippen molar-refractivity contribution in [1.29, 1.82) is 0 Å². The van der Waals surface area contributed by atoms with Gasteiger partial charge in [-0.2, -0.15) is 26.3 Å². The predicted molar refractivity (Wildman–Crippen MR) is 97.5 cm³/mol. The lowest BCUT2D eigenvalue weighted by Gasteiger charge is -2.32. The number of hydrogen-bond donors (Lipinski definition) is 0. The van der Waals surface area contributed by atoms with Crippen molar-refractivity contribution in [3.05, 3.63) is 40.8 Å². The zero-order chi connectivity index (χ0) is 23.0. The average molecular weight is 501 g/mol. The van der Waals surface area contributed by atoms with E-state index in [0.717, 1.165) is 12.4 Å². The van der Waals surface area contributed by atoms with Crippen molar-refractivity contribution in [2.45, 2.75) is 51.2 Å². The number of aromatic nitrogens is 4. The number of halogens is 7. The van der Waals surface area contributed by atoms with E-state index in [0.29, 0.717) is 12.4 Å².